The lowest BCUT2D eigenvalue weighted by Gasteiger charge is -2.42. The normalized spacial score (nSPS) is 20.7. The summed E-state index contributed by atoms with van der Waals surface area (Å²) in [5.74, 6) is 2.45. The highest BCUT2D eigenvalue weighted by Gasteiger charge is 2.36. The van der Waals surface area contributed by atoms with E-state index in [4.69, 9.17) is 23.8 Å². The average Bonchev–Trinajstić information content (AvgIpc) is 3.53. The van der Waals surface area contributed by atoms with E-state index in [1.54, 1.807) is 28.4 Å². The highest BCUT2D eigenvalue weighted by Crippen LogP contribution is 2.31. The maximum atomic E-state index is 14.0. The van der Waals surface area contributed by atoms with Gasteiger partial charge in [-0.1, -0.05) is 17.5 Å². The Morgan fingerprint density at radius 3 is 2.51 bits per heavy atom. The highest BCUT2D eigenvalue weighted by molar-refractivity contribution is 7.10. The van der Waals surface area contributed by atoms with E-state index in [1.807, 2.05) is 21.2 Å². The van der Waals surface area contributed by atoms with Crippen LogP contribution in [0.25, 0.3) is 0 Å². The van der Waals surface area contributed by atoms with Crippen LogP contribution in [-0.4, -0.2) is 108 Å². The lowest BCUT2D eigenvalue weighted by molar-refractivity contribution is -0.135. The van der Waals surface area contributed by atoms with Crippen molar-refractivity contribution in [3.63, 3.8) is 0 Å². The van der Waals surface area contributed by atoms with Crippen molar-refractivity contribution in [2.45, 2.75) is 56.8 Å². The van der Waals surface area contributed by atoms with Crippen LogP contribution in [0.2, 0.25) is 5.02 Å². The molecule has 0 unspecified atom stereocenters. The number of hydrogen-bond donors (Lipinski definition) is 4. The number of hydrogen-bond acceptors (Lipinski definition) is 7. The molecule has 5 N–H and O–H groups in total. The number of halogens is 1. The number of nitrogens with zero attached hydrogens (tertiary/aromatic N) is 4. The van der Waals surface area contributed by atoms with Gasteiger partial charge in [-0.3, -0.25) is 9.69 Å². The van der Waals surface area contributed by atoms with Gasteiger partial charge in [0.25, 0.3) is 0 Å². The van der Waals surface area contributed by atoms with Gasteiger partial charge in [0.2, 0.25) is 5.91 Å². The molecular formula is C32H41ClN8O3S. The smallest absolute Gasteiger partial charge is 0.322 e. The molecule has 45 heavy (non-hydrogen) atoms. The molecule has 4 aliphatic heterocycles. The van der Waals surface area contributed by atoms with Gasteiger partial charge in [0, 0.05) is 68.2 Å². The lowest BCUT2D eigenvalue weighted by Crippen LogP contribution is -2.59. The fourth-order valence-corrected chi connectivity index (χ4v) is 8.02. The van der Waals surface area contributed by atoms with Crippen molar-refractivity contribution in [2.24, 2.45) is 0 Å². The molecule has 6 rings (SSSR count). The number of anilines is 2. The number of rotatable bonds is 6. The van der Waals surface area contributed by atoms with E-state index >= 15 is 0 Å². The summed E-state index contributed by atoms with van der Waals surface area (Å²) in [6.07, 6.45) is 9.47. The summed E-state index contributed by atoms with van der Waals surface area (Å²) in [5.41, 5.74) is 8.46. The van der Waals surface area contributed by atoms with Crippen LogP contribution < -0.4 is 21.7 Å². The van der Waals surface area contributed by atoms with Crippen molar-refractivity contribution in [1.29, 1.82) is 0 Å². The zero-order valence-corrected chi connectivity index (χ0v) is 27.0. The van der Waals surface area contributed by atoms with Crippen molar-refractivity contribution >= 4 is 52.3 Å². The third-order valence-corrected chi connectivity index (χ3v) is 10.8. The number of nitrogens with one attached hydrogen (secondary N) is 3. The Labute approximate surface area is 273 Å². The summed E-state index contributed by atoms with van der Waals surface area (Å²) >= 11 is 8.02. The number of piperazine rings is 1. The predicted octanol–water partition coefficient (Wildman–Crippen LogP) is 2.99. The number of likely N-dealkylation sites (tertiary alicyclic amines) is 1. The molecule has 0 bridgehead atoms. The lowest BCUT2D eigenvalue weighted by atomic mass is 10.00. The Morgan fingerprint density at radius 2 is 1.80 bits per heavy atom. The summed E-state index contributed by atoms with van der Waals surface area (Å²) in [4.78, 5) is 49.5. The Morgan fingerprint density at radius 1 is 1.07 bits per heavy atom. The fourth-order valence-electron chi connectivity index (χ4n) is 6.95. The van der Waals surface area contributed by atoms with Crippen LogP contribution in [0.15, 0.2) is 23.6 Å². The molecule has 1 aromatic heterocycles. The van der Waals surface area contributed by atoms with E-state index in [2.05, 4.69) is 26.8 Å². The van der Waals surface area contributed by atoms with Crippen LogP contribution in [0.4, 0.5) is 21.0 Å². The minimum atomic E-state index is -0.795. The number of benzene rings is 1. The number of fused-ring (bicyclic) bond motifs is 1. The second-order valence-corrected chi connectivity index (χ2v) is 13.7. The summed E-state index contributed by atoms with van der Waals surface area (Å²) in [6, 6.07) is 4.81. The average molecular weight is 653 g/mol. The number of piperidine rings is 2. The van der Waals surface area contributed by atoms with Crippen LogP contribution >= 0.6 is 22.9 Å². The quantitative estimate of drug-likeness (QED) is 0.281. The number of carbonyl (C=O) groups excluding carboxylic acids is 3. The van der Waals surface area contributed by atoms with E-state index in [1.165, 1.54) is 0 Å². The van der Waals surface area contributed by atoms with Crippen LogP contribution in [0.5, 0.6) is 0 Å². The van der Waals surface area contributed by atoms with Crippen molar-refractivity contribution in [3.8, 4) is 12.3 Å². The molecule has 11 nitrogen and oxygen atoms in total. The zero-order valence-electron chi connectivity index (χ0n) is 25.4. The molecule has 1 atom stereocenters. The van der Waals surface area contributed by atoms with Gasteiger partial charge in [-0.25, -0.2) is 9.59 Å². The largest absolute Gasteiger partial charge is 0.397 e. The number of carbonyl (C=O) groups is 3. The monoisotopic (exact) mass is 652 g/mol. The third kappa shape index (κ3) is 7.02. The maximum absolute atomic E-state index is 14.0. The predicted molar refractivity (Wildman–Crippen MR) is 177 cm³/mol. The van der Waals surface area contributed by atoms with E-state index in [0.29, 0.717) is 67.9 Å². The fraction of sp³-hybridized carbons (Fsp3) is 0.531. The molecular weight excluding hydrogens is 612 g/mol. The first-order valence-electron chi connectivity index (χ1n) is 15.8. The molecule has 0 saturated carbocycles. The van der Waals surface area contributed by atoms with Gasteiger partial charge in [0.05, 0.1) is 22.9 Å². The van der Waals surface area contributed by atoms with Crippen LogP contribution in [0.3, 0.4) is 0 Å². The van der Waals surface area contributed by atoms with E-state index in [0.717, 1.165) is 55.1 Å². The molecule has 1 aromatic carbocycles. The van der Waals surface area contributed by atoms with E-state index in [9.17, 15) is 14.4 Å². The molecule has 5 heterocycles. The van der Waals surface area contributed by atoms with Gasteiger partial charge >= 0.3 is 12.1 Å². The minimum Gasteiger partial charge on any atom is -0.397 e. The second kappa shape index (κ2) is 13.9. The molecule has 3 saturated heterocycles. The van der Waals surface area contributed by atoms with Crippen molar-refractivity contribution in [3.05, 3.63) is 44.6 Å². The van der Waals surface area contributed by atoms with Gasteiger partial charge in [0.1, 0.15) is 6.04 Å². The van der Waals surface area contributed by atoms with E-state index in [-0.39, 0.29) is 30.4 Å². The van der Waals surface area contributed by atoms with Crippen LogP contribution in [0.1, 0.15) is 41.7 Å². The molecule has 5 amide bonds. The molecule has 0 aliphatic carbocycles. The molecule has 13 heteroatoms. The Kier molecular flexibility index (Phi) is 9.70. The van der Waals surface area contributed by atoms with Crippen molar-refractivity contribution < 1.29 is 14.4 Å². The Bertz CT molecular complexity index is 1450. The van der Waals surface area contributed by atoms with Gasteiger partial charge in [-0.05, 0) is 67.9 Å². The zero-order chi connectivity index (χ0) is 31.5. The summed E-state index contributed by atoms with van der Waals surface area (Å²) in [6.45, 7) is 6.48. The van der Waals surface area contributed by atoms with Gasteiger partial charge in [-0.15, -0.1) is 17.8 Å². The van der Waals surface area contributed by atoms with Crippen LogP contribution in [-0.2, 0) is 17.8 Å². The molecule has 0 radical (unpaired) electrons. The SMILES string of the molecule is C#Cc1cc(C[C@@H](NC(=O)N2CCC(N3Cc4sccc4NC3=O)CC2)C(=O)N2CCN(C3CCNCC3)CC2)cc(Cl)c1N. The van der Waals surface area contributed by atoms with Crippen molar-refractivity contribution in [1.82, 2.24) is 30.2 Å². The number of amides is 5. The molecule has 4 aliphatic rings. The Hall–Kier alpha value is -3.50. The van der Waals surface area contributed by atoms with Gasteiger partial charge < -0.3 is 36.4 Å². The number of thiophene rings is 1. The first kappa shape index (κ1) is 31.5. The maximum Gasteiger partial charge on any atom is 0.322 e. The third-order valence-electron chi connectivity index (χ3n) is 9.59. The molecule has 3 fully saturated rings. The summed E-state index contributed by atoms with van der Waals surface area (Å²) in [5, 5.41) is 11.8. The molecule has 240 valence electrons. The highest BCUT2D eigenvalue weighted by atomic mass is 35.5. The number of nitrogens with two attached hydrogens (primary N) is 1. The van der Waals surface area contributed by atoms with E-state index < -0.39 is 6.04 Å². The van der Waals surface area contributed by atoms with Crippen LogP contribution in [0, 0.1) is 12.3 Å². The molecule has 0 spiro atoms. The van der Waals surface area contributed by atoms with Gasteiger partial charge in [-0.2, -0.15) is 0 Å². The molecule has 2 aromatic rings. The summed E-state index contributed by atoms with van der Waals surface area (Å²) in [7, 11) is 0. The van der Waals surface area contributed by atoms with Gasteiger partial charge in [0.15, 0.2) is 0 Å². The standard InChI is InChI=1S/C32H41ClN8O3S/c1-2-22-17-21(18-25(33)29(22)34)19-27(30(42)39-14-12-38(13-15-39)23-3-8-35-9-4-23)37-31(43)40-10-5-24(6-11-40)41-20-28-26(7-16-45-28)36-32(41)44/h1,7,16-18,23-24,27,35H,3-6,8-15,19-20,34H2,(H,36,44)(H,37,43)/t27-/m1/s1. The first-order valence-corrected chi connectivity index (χ1v) is 17.0. The topological polar surface area (TPSA) is 126 Å². The van der Waals surface area contributed by atoms with Crippen molar-refractivity contribution in [2.75, 3.05) is 63.4 Å². The second-order valence-electron chi connectivity index (χ2n) is 12.3. The number of nitrogen functional groups attached to an aromatic ring is 1. The number of urea groups is 2. The Balaban J connectivity index is 1.11. The number of terminal acetylenes is 1. The minimum absolute atomic E-state index is 0.0390. The summed E-state index contributed by atoms with van der Waals surface area (Å²) < 4.78 is 0. The first-order chi connectivity index (χ1) is 21.8.